The summed E-state index contributed by atoms with van der Waals surface area (Å²) in [6, 6.07) is 0.521. The van der Waals surface area contributed by atoms with Gasteiger partial charge in [0.15, 0.2) is 0 Å². The van der Waals surface area contributed by atoms with Crippen LogP contribution < -0.4 is 5.32 Å². The second kappa shape index (κ2) is 7.59. The SMILES string of the molecule is CCOC(=O)C(C)(CCCN(CC)CC1CC1)NC1CC1. The van der Waals surface area contributed by atoms with Crippen molar-refractivity contribution in [3.63, 3.8) is 0 Å². The topological polar surface area (TPSA) is 41.6 Å². The number of carbonyl (C=O) groups is 1. The molecule has 0 saturated heterocycles. The Hall–Kier alpha value is -0.610. The Morgan fingerprint density at radius 1 is 1.29 bits per heavy atom. The van der Waals surface area contributed by atoms with Gasteiger partial charge >= 0.3 is 5.97 Å². The minimum atomic E-state index is -0.504. The number of esters is 1. The number of carbonyl (C=O) groups excluding carboxylic acids is 1. The van der Waals surface area contributed by atoms with Gasteiger partial charge in [0.05, 0.1) is 6.61 Å². The number of hydrogen-bond donors (Lipinski definition) is 1. The van der Waals surface area contributed by atoms with E-state index in [1.165, 1.54) is 32.2 Å². The molecule has 4 heteroatoms. The molecular formula is C17H32N2O2. The smallest absolute Gasteiger partial charge is 0.326 e. The van der Waals surface area contributed by atoms with Gasteiger partial charge in [0.25, 0.3) is 0 Å². The molecule has 122 valence electrons. The monoisotopic (exact) mass is 296 g/mol. The predicted octanol–water partition coefficient (Wildman–Crippen LogP) is 2.57. The largest absolute Gasteiger partial charge is 0.465 e. The Morgan fingerprint density at radius 2 is 2.00 bits per heavy atom. The van der Waals surface area contributed by atoms with Gasteiger partial charge in [-0.2, -0.15) is 0 Å². The summed E-state index contributed by atoms with van der Waals surface area (Å²) >= 11 is 0. The van der Waals surface area contributed by atoms with Crippen molar-refractivity contribution in [3.05, 3.63) is 0 Å². The molecule has 1 atom stereocenters. The molecule has 1 unspecified atom stereocenters. The van der Waals surface area contributed by atoms with Gasteiger partial charge < -0.3 is 9.64 Å². The van der Waals surface area contributed by atoms with Crippen LogP contribution >= 0.6 is 0 Å². The van der Waals surface area contributed by atoms with Crippen molar-refractivity contribution < 1.29 is 9.53 Å². The van der Waals surface area contributed by atoms with E-state index < -0.39 is 5.54 Å². The molecule has 0 aromatic heterocycles. The zero-order valence-corrected chi connectivity index (χ0v) is 14.0. The van der Waals surface area contributed by atoms with Crippen LogP contribution in [0.25, 0.3) is 0 Å². The van der Waals surface area contributed by atoms with Gasteiger partial charge in [0.2, 0.25) is 0 Å². The van der Waals surface area contributed by atoms with Crippen LogP contribution in [0.1, 0.15) is 59.3 Å². The Balaban J connectivity index is 1.77. The average Bonchev–Trinajstić information content (AvgIpc) is 3.34. The molecule has 0 radical (unpaired) electrons. The number of rotatable bonds is 11. The van der Waals surface area contributed by atoms with E-state index in [4.69, 9.17) is 4.74 Å². The molecule has 0 spiro atoms. The fraction of sp³-hybridized carbons (Fsp3) is 0.941. The number of ether oxygens (including phenoxy) is 1. The van der Waals surface area contributed by atoms with Crippen LogP contribution in [0.3, 0.4) is 0 Å². The zero-order valence-electron chi connectivity index (χ0n) is 14.0. The molecule has 21 heavy (non-hydrogen) atoms. The molecule has 0 aromatic rings. The third-order valence-corrected chi connectivity index (χ3v) is 4.64. The fourth-order valence-electron chi connectivity index (χ4n) is 2.90. The normalized spacial score (nSPS) is 21.3. The highest BCUT2D eigenvalue weighted by molar-refractivity contribution is 5.80. The molecular weight excluding hydrogens is 264 g/mol. The lowest BCUT2D eigenvalue weighted by molar-refractivity contribution is -0.151. The first kappa shape index (κ1) is 16.8. The molecule has 0 aliphatic heterocycles. The van der Waals surface area contributed by atoms with E-state index in [1.807, 2.05) is 13.8 Å². The molecule has 4 nitrogen and oxygen atoms in total. The highest BCUT2D eigenvalue weighted by atomic mass is 16.5. The standard InChI is InChI=1S/C17H32N2O2/c1-4-19(13-14-7-8-14)12-6-11-17(3,16(20)21-5-2)18-15-9-10-15/h14-15,18H,4-13H2,1-3H3. The Bertz CT molecular complexity index is 340. The Morgan fingerprint density at radius 3 is 2.52 bits per heavy atom. The van der Waals surface area contributed by atoms with Crippen molar-refractivity contribution in [1.29, 1.82) is 0 Å². The first-order valence-corrected chi connectivity index (χ1v) is 8.74. The number of nitrogens with zero attached hydrogens (tertiary/aromatic N) is 1. The lowest BCUT2D eigenvalue weighted by Gasteiger charge is -2.30. The van der Waals surface area contributed by atoms with Crippen molar-refractivity contribution in [1.82, 2.24) is 10.2 Å². The van der Waals surface area contributed by atoms with E-state index >= 15 is 0 Å². The highest BCUT2D eigenvalue weighted by Gasteiger charge is 2.39. The van der Waals surface area contributed by atoms with Gasteiger partial charge in [-0.25, -0.2) is 0 Å². The van der Waals surface area contributed by atoms with Crippen molar-refractivity contribution >= 4 is 5.97 Å². The van der Waals surface area contributed by atoms with Crippen LogP contribution in [0.5, 0.6) is 0 Å². The van der Waals surface area contributed by atoms with Gasteiger partial charge in [-0.3, -0.25) is 10.1 Å². The van der Waals surface area contributed by atoms with Crippen LogP contribution in [0, 0.1) is 5.92 Å². The van der Waals surface area contributed by atoms with Gasteiger partial charge in [-0.15, -0.1) is 0 Å². The molecule has 0 aromatic carbocycles. The summed E-state index contributed by atoms with van der Waals surface area (Å²) in [5, 5.41) is 3.50. The minimum absolute atomic E-state index is 0.0814. The van der Waals surface area contributed by atoms with E-state index in [-0.39, 0.29) is 5.97 Å². The third-order valence-electron chi connectivity index (χ3n) is 4.64. The highest BCUT2D eigenvalue weighted by Crippen LogP contribution is 2.30. The van der Waals surface area contributed by atoms with E-state index in [9.17, 15) is 4.79 Å². The molecule has 0 amide bonds. The van der Waals surface area contributed by atoms with Crippen molar-refractivity contribution in [2.45, 2.75) is 70.9 Å². The number of hydrogen-bond acceptors (Lipinski definition) is 4. The van der Waals surface area contributed by atoms with E-state index in [1.54, 1.807) is 0 Å². The zero-order chi connectivity index (χ0) is 15.3. The molecule has 2 saturated carbocycles. The van der Waals surface area contributed by atoms with Gasteiger partial charge in [0.1, 0.15) is 5.54 Å². The second-order valence-electron chi connectivity index (χ2n) is 6.91. The minimum Gasteiger partial charge on any atom is -0.465 e. The summed E-state index contributed by atoms with van der Waals surface area (Å²) in [6.45, 7) is 10.0. The summed E-state index contributed by atoms with van der Waals surface area (Å²) in [7, 11) is 0. The first-order chi connectivity index (χ1) is 10.1. The fourth-order valence-corrected chi connectivity index (χ4v) is 2.90. The van der Waals surface area contributed by atoms with Gasteiger partial charge in [-0.1, -0.05) is 6.92 Å². The first-order valence-electron chi connectivity index (χ1n) is 8.74. The molecule has 1 N–H and O–H groups in total. The van der Waals surface area contributed by atoms with E-state index in [0.29, 0.717) is 12.6 Å². The molecule has 2 aliphatic carbocycles. The summed E-state index contributed by atoms with van der Waals surface area (Å²) in [5.74, 6) is 0.855. The summed E-state index contributed by atoms with van der Waals surface area (Å²) in [6.07, 6.45) is 7.11. The van der Waals surface area contributed by atoms with Gasteiger partial charge in [-0.05, 0) is 71.4 Å². The maximum atomic E-state index is 12.3. The molecule has 0 heterocycles. The van der Waals surface area contributed by atoms with Crippen molar-refractivity contribution in [2.75, 3.05) is 26.2 Å². The Kier molecular flexibility index (Phi) is 6.06. The number of nitrogens with one attached hydrogen (secondary N) is 1. The van der Waals surface area contributed by atoms with Crippen LogP contribution in [-0.2, 0) is 9.53 Å². The molecule has 0 bridgehead atoms. The second-order valence-corrected chi connectivity index (χ2v) is 6.91. The van der Waals surface area contributed by atoms with Crippen molar-refractivity contribution in [3.8, 4) is 0 Å². The van der Waals surface area contributed by atoms with Crippen LogP contribution in [0.4, 0.5) is 0 Å². The summed E-state index contributed by atoms with van der Waals surface area (Å²) in [4.78, 5) is 14.8. The van der Waals surface area contributed by atoms with Gasteiger partial charge in [0, 0.05) is 12.6 Å². The quantitative estimate of drug-likeness (QED) is 0.595. The summed E-state index contributed by atoms with van der Waals surface area (Å²) < 4.78 is 5.28. The Labute approximate surface area is 129 Å². The summed E-state index contributed by atoms with van der Waals surface area (Å²) in [5.41, 5.74) is -0.504. The molecule has 2 aliphatic rings. The average molecular weight is 296 g/mol. The maximum absolute atomic E-state index is 12.3. The lowest BCUT2D eigenvalue weighted by atomic mass is 9.95. The maximum Gasteiger partial charge on any atom is 0.326 e. The van der Waals surface area contributed by atoms with E-state index in [0.717, 1.165) is 31.8 Å². The van der Waals surface area contributed by atoms with Crippen molar-refractivity contribution in [2.24, 2.45) is 5.92 Å². The van der Waals surface area contributed by atoms with Crippen LogP contribution in [0.15, 0.2) is 0 Å². The molecule has 2 rings (SSSR count). The van der Waals surface area contributed by atoms with E-state index in [2.05, 4.69) is 17.1 Å². The van der Waals surface area contributed by atoms with Crippen LogP contribution in [0.2, 0.25) is 0 Å². The predicted molar refractivity (Wildman–Crippen MR) is 85.3 cm³/mol. The molecule has 2 fully saturated rings. The lowest BCUT2D eigenvalue weighted by Crippen LogP contribution is -2.51. The van der Waals surface area contributed by atoms with Crippen LogP contribution in [-0.4, -0.2) is 48.7 Å². The third kappa shape index (κ3) is 5.59.